The zero-order chi connectivity index (χ0) is 11.1. The number of hydrogen-bond acceptors (Lipinski definition) is 3. The highest BCUT2D eigenvalue weighted by Gasteiger charge is 2.24. The minimum absolute atomic E-state index is 0.0000926. The van der Waals surface area contributed by atoms with Crippen molar-refractivity contribution in [1.82, 2.24) is 4.90 Å². The summed E-state index contributed by atoms with van der Waals surface area (Å²) in [7, 11) is 1.46. The lowest BCUT2D eigenvalue weighted by Crippen LogP contribution is -2.36. The van der Waals surface area contributed by atoms with E-state index in [4.69, 9.17) is 4.74 Å². The first kappa shape index (κ1) is 13.4. The van der Waals surface area contributed by atoms with Gasteiger partial charge in [-0.3, -0.25) is 4.79 Å². The molecule has 0 amide bonds. The predicted octanol–water partition coefficient (Wildman–Crippen LogP) is 1.77. The number of carbonyl (C=O) groups is 1. The maximum atomic E-state index is 11.5. The molecule has 1 atom stereocenters. The number of rotatable bonds is 6. The van der Waals surface area contributed by atoms with E-state index in [1.807, 2.05) is 0 Å². The Bertz CT molecular complexity index is 165. The molecule has 0 saturated carbocycles. The molecule has 0 aromatic heterocycles. The van der Waals surface area contributed by atoms with E-state index in [-0.39, 0.29) is 11.9 Å². The van der Waals surface area contributed by atoms with Crippen LogP contribution in [0.5, 0.6) is 0 Å². The van der Waals surface area contributed by atoms with Gasteiger partial charge in [0.25, 0.3) is 0 Å². The van der Waals surface area contributed by atoms with Crippen LogP contribution in [0.3, 0.4) is 0 Å². The normalized spacial score (nSPS) is 13.4. The number of esters is 1. The third kappa shape index (κ3) is 4.09. The van der Waals surface area contributed by atoms with E-state index in [1.165, 1.54) is 7.11 Å². The third-order valence-corrected chi connectivity index (χ3v) is 2.66. The Kier molecular flexibility index (Phi) is 6.54. The zero-order valence-corrected chi connectivity index (χ0v) is 10.0. The summed E-state index contributed by atoms with van der Waals surface area (Å²) < 4.78 is 4.80. The lowest BCUT2D eigenvalue weighted by molar-refractivity contribution is -0.147. The van der Waals surface area contributed by atoms with E-state index < -0.39 is 0 Å². The fourth-order valence-electron chi connectivity index (χ4n) is 1.47. The first-order chi connectivity index (χ1) is 6.56. The standard InChI is InChI=1S/C11H23NO2/c1-6-12(7-2)8-10(9(3)4)11(13)14-5/h9-10H,6-8H2,1-5H3. The topological polar surface area (TPSA) is 29.5 Å². The number of ether oxygens (including phenoxy) is 1. The van der Waals surface area contributed by atoms with Crippen molar-refractivity contribution >= 4 is 5.97 Å². The Balaban J connectivity index is 4.28. The van der Waals surface area contributed by atoms with E-state index in [2.05, 4.69) is 32.6 Å². The Labute approximate surface area is 87.4 Å². The molecule has 14 heavy (non-hydrogen) atoms. The minimum Gasteiger partial charge on any atom is -0.469 e. The van der Waals surface area contributed by atoms with Crippen LogP contribution in [-0.4, -0.2) is 37.6 Å². The highest BCUT2D eigenvalue weighted by molar-refractivity contribution is 5.72. The van der Waals surface area contributed by atoms with Crippen LogP contribution in [0.4, 0.5) is 0 Å². The summed E-state index contributed by atoms with van der Waals surface area (Å²) in [5.74, 6) is 0.245. The number of carbonyl (C=O) groups excluding carboxylic acids is 1. The van der Waals surface area contributed by atoms with Gasteiger partial charge in [0.1, 0.15) is 0 Å². The van der Waals surface area contributed by atoms with E-state index in [0.29, 0.717) is 5.92 Å². The van der Waals surface area contributed by atoms with Crippen molar-refractivity contribution in [3.05, 3.63) is 0 Å². The summed E-state index contributed by atoms with van der Waals surface area (Å²) in [6, 6.07) is 0. The first-order valence-corrected chi connectivity index (χ1v) is 5.36. The Morgan fingerprint density at radius 1 is 1.29 bits per heavy atom. The molecule has 0 spiro atoms. The van der Waals surface area contributed by atoms with Gasteiger partial charge >= 0.3 is 5.97 Å². The van der Waals surface area contributed by atoms with Gasteiger partial charge in [-0.05, 0) is 19.0 Å². The molecule has 0 aromatic carbocycles. The van der Waals surface area contributed by atoms with Crippen molar-refractivity contribution < 1.29 is 9.53 Å². The molecule has 0 aliphatic heterocycles. The van der Waals surface area contributed by atoms with Gasteiger partial charge in [-0.2, -0.15) is 0 Å². The van der Waals surface area contributed by atoms with Crippen LogP contribution >= 0.6 is 0 Å². The van der Waals surface area contributed by atoms with Crippen LogP contribution in [0.2, 0.25) is 0 Å². The van der Waals surface area contributed by atoms with E-state index in [9.17, 15) is 4.79 Å². The average molecular weight is 201 g/mol. The predicted molar refractivity (Wildman–Crippen MR) is 58.1 cm³/mol. The van der Waals surface area contributed by atoms with Crippen molar-refractivity contribution in [2.24, 2.45) is 11.8 Å². The maximum Gasteiger partial charge on any atom is 0.310 e. The molecule has 0 rings (SSSR count). The van der Waals surface area contributed by atoms with Crippen LogP contribution in [0.15, 0.2) is 0 Å². The van der Waals surface area contributed by atoms with Gasteiger partial charge in [0.2, 0.25) is 0 Å². The zero-order valence-electron chi connectivity index (χ0n) is 10.0. The molecule has 3 nitrogen and oxygen atoms in total. The van der Waals surface area contributed by atoms with Gasteiger partial charge in [0.15, 0.2) is 0 Å². The molecule has 1 unspecified atom stereocenters. The maximum absolute atomic E-state index is 11.5. The SMILES string of the molecule is CCN(CC)CC(C(=O)OC)C(C)C. The highest BCUT2D eigenvalue weighted by Crippen LogP contribution is 2.14. The lowest BCUT2D eigenvalue weighted by Gasteiger charge is -2.25. The molecule has 3 heteroatoms. The van der Waals surface area contributed by atoms with Crippen molar-refractivity contribution in [3.8, 4) is 0 Å². The quantitative estimate of drug-likeness (QED) is 0.613. The van der Waals surface area contributed by atoms with Gasteiger partial charge in [-0.15, -0.1) is 0 Å². The molecule has 84 valence electrons. The van der Waals surface area contributed by atoms with Gasteiger partial charge in [-0.1, -0.05) is 27.7 Å². The second-order valence-corrected chi connectivity index (χ2v) is 3.86. The van der Waals surface area contributed by atoms with Crippen LogP contribution in [0.1, 0.15) is 27.7 Å². The number of nitrogens with zero attached hydrogens (tertiary/aromatic N) is 1. The van der Waals surface area contributed by atoms with Crippen LogP contribution < -0.4 is 0 Å². The molecular formula is C11H23NO2. The van der Waals surface area contributed by atoms with E-state index in [1.54, 1.807) is 0 Å². The summed E-state index contributed by atoms with van der Waals surface area (Å²) in [5.41, 5.74) is 0. The van der Waals surface area contributed by atoms with Gasteiger partial charge in [-0.25, -0.2) is 0 Å². The number of methoxy groups -OCH3 is 1. The molecule has 0 heterocycles. The average Bonchev–Trinajstić information content (AvgIpc) is 2.18. The molecule has 0 fully saturated rings. The second kappa shape index (κ2) is 6.82. The Morgan fingerprint density at radius 2 is 1.79 bits per heavy atom. The molecule has 0 aromatic rings. The van der Waals surface area contributed by atoms with Crippen molar-refractivity contribution in [3.63, 3.8) is 0 Å². The summed E-state index contributed by atoms with van der Waals surface area (Å²) >= 11 is 0. The van der Waals surface area contributed by atoms with Gasteiger partial charge in [0.05, 0.1) is 13.0 Å². The first-order valence-electron chi connectivity index (χ1n) is 5.36. The monoisotopic (exact) mass is 201 g/mol. The smallest absolute Gasteiger partial charge is 0.310 e. The fraction of sp³-hybridized carbons (Fsp3) is 0.909. The molecule has 0 bridgehead atoms. The minimum atomic E-state index is -0.0908. The van der Waals surface area contributed by atoms with Crippen molar-refractivity contribution in [2.45, 2.75) is 27.7 Å². The van der Waals surface area contributed by atoms with Crippen LogP contribution in [0.25, 0.3) is 0 Å². The van der Waals surface area contributed by atoms with E-state index in [0.717, 1.165) is 19.6 Å². The number of hydrogen-bond donors (Lipinski definition) is 0. The van der Waals surface area contributed by atoms with Crippen molar-refractivity contribution in [2.75, 3.05) is 26.7 Å². The Morgan fingerprint density at radius 3 is 2.07 bits per heavy atom. The third-order valence-electron chi connectivity index (χ3n) is 2.66. The Hall–Kier alpha value is -0.570. The summed E-state index contributed by atoms with van der Waals surface area (Å²) in [6.45, 7) is 11.1. The summed E-state index contributed by atoms with van der Waals surface area (Å²) in [6.07, 6.45) is 0. The highest BCUT2D eigenvalue weighted by atomic mass is 16.5. The molecular weight excluding hydrogens is 178 g/mol. The summed E-state index contributed by atoms with van der Waals surface area (Å²) in [4.78, 5) is 13.7. The van der Waals surface area contributed by atoms with E-state index >= 15 is 0 Å². The molecule has 0 N–H and O–H groups in total. The van der Waals surface area contributed by atoms with Gasteiger partial charge < -0.3 is 9.64 Å². The lowest BCUT2D eigenvalue weighted by atomic mass is 9.95. The molecule has 0 radical (unpaired) electrons. The summed E-state index contributed by atoms with van der Waals surface area (Å²) in [5, 5.41) is 0. The molecule has 0 aliphatic rings. The molecule has 0 saturated heterocycles. The second-order valence-electron chi connectivity index (χ2n) is 3.86. The van der Waals surface area contributed by atoms with Crippen LogP contribution in [0, 0.1) is 11.8 Å². The van der Waals surface area contributed by atoms with Crippen molar-refractivity contribution in [1.29, 1.82) is 0 Å². The largest absolute Gasteiger partial charge is 0.469 e. The molecule has 0 aliphatic carbocycles. The van der Waals surface area contributed by atoms with Crippen LogP contribution in [-0.2, 0) is 9.53 Å². The van der Waals surface area contributed by atoms with Gasteiger partial charge in [0, 0.05) is 6.54 Å². The fourth-order valence-corrected chi connectivity index (χ4v) is 1.47.